The van der Waals surface area contributed by atoms with Crippen LogP contribution in [0.1, 0.15) is 13.8 Å². The zero-order chi connectivity index (χ0) is 8.97. The van der Waals surface area contributed by atoms with E-state index in [2.05, 4.69) is 40.2 Å². The number of aromatic nitrogens is 2. The molecule has 1 N–H and O–H groups in total. The van der Waals surface area contributed by atoms with Crippen molar-refractivity contribution >= 4 is 15.9 Å². The van der Waals surface area contributed by atoms with E-state index in [1.165, 1.54) is 0 Å². The fourth-order valence-electron chi connectivity index (χ4n) is 0.928. The summed E-state index contributed by atoms with van der Waals surface area (Å²) in [7, 11) is 0. The Labute approximate surface area is 81.3 Å². The van der Waals surface area contributed by atoms with E-state index < -0.39 is 0 Å². The Balaban J connectivity index is 2.24. The van der Waals surface area contributed by atoms with Crippen LogP contribution in [0.15, 0.2) is 16.9 Å². The molecule has 1 aromatic rings. The third kappa shape index (κ3) is 3.36. The van der Waals surface area contributed by atoms with Crippen molar-refractivity contribution in [3.63, 3.8) is 0 Å². The third-order valence-corrected chi connectivity index (χ3v) is 1.90. The number of halogens is 1. The zero-order valence-corrected chi connectivity index (χ0v) is 9.00. The van der Waals surface area contributed by atoms with Crippen molar-refractivity contribution in [1.82, 2.24) is 15.1 Å². The third-order valence-electron chi connectivity index (χ3n) is 1.50. The molecule has 0 aliphatic carbocycles. The first kappa shape index (κ1) is 9.74. The fourth-order valence-corrected chi connectivity index (χ4v) is 1.26. The van der Waals surface area contributed by atoms with E-state index in [-0.39, 0.29) is 0 Å². The molecule has 12 heavy (non-hydrogen) atoms. The van der Waals surface area contributed by atoms with E-state index in [0.29, 0.717) is 6.04 Å². The maximum Gasteiger partial charge on any atom is 0.0632 e. The molecular formula is C8H14BrN3. The molecule has 3 nitrogen and oxygen atoms in total. The number of rotatable bonds is 4. The number of nitrogens with one attached hydrogen (secondary N) is 1. The van der Waals surface area contributed by atoms with Gasteiger partial charge in [-0.05, 0) is 15.9 Å². The summed E-state index contributed by atoms with van der Waals surface area (Å²) in [6, 6.07) is 0.545. The Morgan fingerprint density at radius 2 is 2.42 bits per heavy atom. The Hall–Kier alpha value is -0.350. The van der Waals surface area contributed by atoms with Gasteiger partial charge in [0.1, 0.15) is 0 Å². The molecule has 0 saturated carbocycles. The molecule has 1 aromatic heterocycles. The van der Waals surface area contributed by atoms with Crippen LogP contribution >= 0.6 is 15.9 Å². The Morgan fingerprint density at radius 3 is 2.92 bits per heavy atom. The quantitative estimate of drug-likeness (QED) is 0.855. The predicted octanol–water partition coefficient (Wildman–Crippen LogP) is 1.64. The molecule has 0 aliphatic rings. The van der Waals surface area contributed by atoms with Crippen molar-refractivity contribution in [1.29, 1.82) is 0 Å². The molecule has 0 amide bonds. The smallest absolute Gasteiger partial charge is 0.0632 e. The second kappa shape index (κ2) is 4.62. The lowest BCUT2D eigenvalue weighted by atomic mass is 10.4. The normalized spacial score (nSPS) is 11.0. The molecule has 0 unspecified atom stereocenters. The molecule has 1 heterocycles. The summed E-state index contributed by atoms with van der Waals surface area (Å²) in [5.41, 5.74) is 0. The van der Waals surface area contributed by atoms with Gasteiger partial charge < -0.3 is 5.32 Å². The van der Waals surface area contributed by atoms with E-state index in [9.17, 15) is 0 Å². The summed E-state index contributed by atoms with van der Waals surface area (Å²) in [5, 5.41) is 7.47. The lowest BCUT2D eigenvalue weighted by molar-refractivity contribution is 0.515. The predicted molar refractivity (Wildman–Crippen MR) is 53.1 cm³/mol. The fraction of sp³-hybridized carbons (Fsp3) is 0.625. The molecule has 0 fully saturated rings. The molecule has 1 rings (SSSR count). The zero-order valence-electron chi connectivity index (χ0n) is 7.42. The van der Waals surface area contributed by atoms with E-state index in [0.717, 1.165) is 17.6 Å². The standard InChI is InChI=1S/C8H14BrN3/c1-7(2)10-3-4-12-6-8(9)5-11-12/h5-7,10H,3-4H2,1-2H3. The van der Waals surface area contributed by atoms with Gasteiger partial charge in [-0.15, -0.1) is 0 Å². The Bertz CT molecular complexity index is 232. The van der Waals surface area contributed by atoms with Gasteiger partial charge in [0.2, 0.25) is 0 Å². The van der Waals surface area contributed by atoms with Crippen LogP contribution in [0, 0.1) is 0 Å². The van der Waals surface area contributed by atoms with Gasteiger partial charge in [-0.25, -0.2) is 0 Å². The molecule has 4 heteroatoms. The van der Waals surface area contributed by atoms with E-state index in [4.69, 9.17) is 0 Å². The second-order valence-corrected chi connectivity index (χ2v) is 3.95. The van der Waals surface area contributed by atoms with Gasteiger partial charge in [-0.1, -0.05) is 13.8 Å². The highest BCUT2D eigenvalue weighted by atomic mass is 79.9. The summed E-state index contributed by atoms with van der Waals surface area (Å²) in [4.78, 5) is 0. The minimum Gasteiger partial charge on any atom is -0.313 e. The highest BCUT2D eigenvalue weighted by Crippen LogP contribution is 2.05. The van der Waals surface area contributed by atoms with Gasteiger partial charge in [-0.2, -0.15) is 5.10 Å². The molecule has 0 aromatic carbocycles. The molecule has 0 spiro atoms. The monoisotopic (exact) mass is 231 g/mol. The first-order chi connectivity index (χ1) is 5.68. The highest BCUT2D eigenvalue weighted by molar-refractivity contribution is 9.10. The first-order valence-electron chi connectivity index (χ1n) is 4.10. The van der Waals surface area contributed by atoms with Crippen LogP contribution in [-0.2, 0) is 6.54 Å². The lowest BCUT2D eigenvalue weighted by Crippen LogP contribution is -2.26. The second-order valence-electron chi connectivity index (χ2n) is 3.03. The van der Waals surface area contributed by atoms with E-state index in [1.54, 1.807) is 6.20 Å². The van der Waals surface area contributed by atoms with Gasteiger partial charge in [0.25, 0.3) is 0 Å². The van der Waals surface area contributed by atoms with Gasteiger partial charge >= 0.3 is 0 Å². The summed E-state index contributed by atoms with van der Waals surface area (Å²) in [5.74, 6) is 0. The number of nitrogens with zero attached hydrogens (tertiary/aromatic N) is 2. The first-order valence-corrected chi connectivity index (χ1v) is 4.89. The molecule has 68 valence electrons. The van der Waals surface area contributed by atoms with E-state index in [1.807, 2.05) is 10.9 Å². The molecular weight excluding hydrogens is 218 g/mol. The Kier molecular flexibility index (Phi) is 3.75. The van der Waals surface area contributed by atoms with Crippen LogP contribution in [0.2, 0.25) is 0 Å². The minimum absolute atomic E-state index is 0.545. The van der Waals surface area contributed by atoms with Crippen LogP contribution in [0.3, 0.4) is 0 Å². The van der Waals surface area contributed by atoms with E-state index >= 15 is 0 Å². The average molecular weight is 232 g/mol. The van der Waals surface area contributed by atoms with Gasteiger partial charge in [0.15, 0.2) is 0 Å². The van der Waals surface area contributed by atoms with Gasteiger partial charge in [0, 0.05) is 18.8 Å². The van der Waals surface area contributed by atoms with Crippen molar-refractivity contribution in [3.05, 3.63) is 16.9 Å². The molecule has 0 saturated heterocycles. The Morgan fingerprint density at radius 1 is 1.67 bits per heavy atom. The van der Waals surface area contributed by atoms with Gasteiger partial charge in [-0.3, -0.25) is 4.68 Å². The van der Waals surface area contributed by atoms with Gasteiger partial charge in [0.05, 0.1) is 17.2 Å². The van der Waals surface area contributed by atoms with Crippen LogP contribution < -0.4 is 5.32 Å². The minimum atomic E-state index is 0.545. The highest BCUT2D eigenvalue weighted by Gasteiger charge is 1.95. The maximum absolute atomic E-state index is 4.14. The van der Waals surface area contributed by atoms with Crippen molar-refractivity contribution in [2.24, 2.45) is 0 Å². The van der Waals surface area contributed by atoms with Crippen LogP contribution in [-0.4, -0.2) is 22.4 Å². The largest absolute Gasteiger partial charge is 0.313 e. The molecule has 0 atom stereocenters. The van der Waals surface area contributed by atoms with Crippen LogP contribution in [0.5, 0.6) is 0 Å². The maximum atomic E-state index is 4.14. The van der Waals surface area contributed by atoms with Crippen molar-refractivity contribution < 1.29 is 0 Å². The SMILES string of the molecule is CC(C)NCCn1cc(Br)cn1. The molecule has 0 aliphatic heterocycles. The summed E-state index contributed by atoms with van der Waals surface area (Å²) >= 11 is 3.35. The van der Waals surface area contributed by atoms with Crippen LogP contribution in [0.4, 0.5) is 0 Å². The topological polar surface area (TPSA) is 29.9 Å². The summed E-state index contributed by atoms with van der Waals surface area (Å²) in [6.07, 6.45) is 3.78. The van der Waals surface area contributed by atoms with Crippen LogP contribution in [0.25, 0.3) is 0 Å². The van der Waals surface area contributed by atoms with Crippen molar-refractivity contribution in [2.75, 3.05) is 6.54 Å². The van der Waals surface area contributed by atoms with Crippen molar-refractivity contribution in [3.8, 4) is 0 Å². The lowest BCUT2D eigenvalue weighted by Gasteiger charge is -2.07. The number of hydrogen-bond donors (Lipinski definition) is 1. The molecule has 0 radical (unpaired) electrons. The average Bonchev–Trinajstić information content (AvgIpc) is 2.35. The van der Waals surface area contributed by atoms with Crippen molar-refractivity contribution in [2.45, 2.75) is 26.4 Å². The summed E-state index contributed by atoms with van der Waals surface area (Å²) < 4.78 is 2.95. The molecule has 0 bridgehead atoms. The number of hydrogen-bond acceptors (Lipinski definition) is 2. The summed E-state index contributed by atoms with van der Waals surface area (Å²) in [6.45, 7) is 6.16.